The molecule has 0 N–H and O–H groups in total. The van der Waals surface area contributed by atoms with E-state index in [9.17, 15) is 9.59 Å². The second kappa shape index (κ2) is 9.85. The zero-order chi connectivity index (χ0) is 20.3. The van der Waals surface area contributed by atoms with Gasteiger partial charge in [0, 0.05) is 12.7 Å². The molecule has 0 radical (unpaired) electrons. The van der Waals surface area contributed by atoms with Crippen molar-refractivity contribution >= 4 is 34.9 Å². The number of pyridine rings is 1. The second-order valence-corrected chi connectivity index (χ2v) is 7.16. The van der Waals surface area contributed by atoms with Crippen LogP contribution >= 0.6 is 12.4 Å². The standard InChI is InChI=1S/C22H27N3O3.ClH/c1-5-24(6-2)11-12-28-22(27)16-7-9-19-18(13-16)21(26)25-14-17(15(3)4)8-10-20(25)23-19;/h7-10,13-15H,5-6,11-12H2,1-4H3;1H. The Morgan fingerprint density at radius 1 is 1.17 bits per heavy atom. The molecule has 0 atom stereocenters. The quantitative estimate of drug-likeness (QED) is 0.431. The summed E-state index contributed by atoms with van der Waals surface area (Å²) in [4.78, 5) is 32.1. The van der Waals surface area contributed by atoms with Crippen LogP contribution in [0.25, 0.3) is 16.6 Å². The summed E-state index contributed by atoms with van der Waals surface area (Å²) in [5.74, 6) is -0.117. The fraction of sp³-hybridized carbons (Fsp3) is 0.409. The minimum absolute atomic E-state index is 0. The zero-order valence-electron chi connectivity index (χ0n) is 17.3. The van der Waals surface area contributed by atoms with E-state index < -0.39 is 5.97 Å². The van der Waals surface area contributed by atoms with Gasteiger partial charge < -0.3 is 9.64 Å². The highest BCUT2D eigenvalue weighted by Gasteiger charge is 2.13. The summed E-state index contributed by atoms with van der Waals surface area (Å²) in [6, 6.07) is 8.78. The molecule has 0 spiro atoms. The average Bonchev–Trinajstić information content (AvgIpc) is 2.70. The first-order valence-corrected chi connectivity index (χ1v) is 9.80. The molecule has 0 saturated heterocycles. The number of hydrogen-bond donors (Lipinski definition) is 0. The molecule has 156 valence electrons. The Labute approximate surface area is 176 Å². The molecule has 2 heterocycles. The number of likely N-dealkylation sites (N-methyl/N-ethyl adjacent to an activating group) is 1. The Morgan fingerprint density at radius 2 is 1.90 bits per heavy atom. The first-order valence-electron chi connectivity index (χ1n) is 9.80. The Hall–Kier alpha value is -2.44. The van der Waals surface area contributed by atoms with E-state index in [4.69, 9.17) is 4.74 Å². The Morgan fingerprint density at radius 3 is 2.55 bits per heavy atom. The molecule has 0 aliphatic heterocycles. The van der Waals surface area contributed by atoms with Gasteiger partial charge in [0.1, 0.15) is 12.3 Å². The van der Waals surface area contributed by atoms with Crippen molar-refractivity contribution in [1.29, 1.82) is 0 Å². The van der Waals surface area contributed by atoms with Gasteiger partial charge in [-0.3, -0.25) is 9.20 Å². The van der Waals surface area contributed by atoms with Crippen LogP contribution in [0.4, 0.5) is 0 Å². The fourth-order valence-corrected chi connectivity index (χ4v) is 3.18. The van der Waals surface area contributed by atoms with Crippen LogP contribution in [0.2, 0.25) is 0 Å². The Balaban J connectivity index is 0.00000300. The van der Waals surface area contributed by atoms with Gasteiger partial charge in [-0.25, -0.2) is 9.78 Å². The number of nitrogens with zero attached hydrogens (tertiary/aromatic N) is 3. The molecule has 0 aliphatic carbocycles. The molecule has 0 unspecified atom stereocenters. The number of carbonyl (C=O) groups is 1. The van der Waals surface area contributed by atoms with Crippen molar-refractivity contribution in [2.24, 2.45) is 0 Å². The van der Waals surface area contributed by atoms with E-state index >= 15 is 0 Å². The van der Waals surface area contributed by atoms with Crippen LogP contribution < -0.4 is 5.56 Å². The predicted octanol–water partition coefficient (Wildman–Crippen LogP) is 3.89. The predicted molar refractivity (Wildman–Crippen MR) is 118 cm³/mol. The van der Waals surface area contributed by atoms with Gasteiger partial charge in [-0.05, 0) is 48.8 Å². The minimum atomic E-state index is -0.422. The number of carbonyl (C=O) groups excluding carboxylic acids is 1. The van der Waals surface area contributed by atoms with Crippen LogP contribution in [0.15, 0.2) is 41.3 Å². The first kappa shape index (κ1) is 22.8. The molecule has 2 aromatic heterocycles. The largest absolute Gasteiger partial charge is 0.461 e. The smallest absolute Gasteiger partial charge is 0.338 e. The number of esters is 1. The molecule has 0 aliphatic rings. The van der Waals surface area contributed by atoms with Crippen LogP contribution in [-0.4, -0.2) is 46.5 Å². The lowest BCUT2D eigenvalue weighted by atomic mass is 10.1. The maximum Gasteiger partial charge on any atom is 0.338 e. The lowest BCUT2D eigenvalue weighted by Gasteiger charge is -2.17. The highest BCUT2D eigenvalue weighted by Crippen LogP contribution is 2.17. The summed E-state index contributed by atoms with van der Waals surface area (Å²) in [7, 11) is 0. The van der Waals surface area contributed by atoms with E-state index in [0.29, 0.717) is 41.2 Å². The Kier molecular flexibility index (Phi) is 7.76. The monoisotopic (exact) mass is 417 g/mol. The fourth-order valence-electron chi connectivity index (χ4n) is 3.18. The molecule has 0 saturated carbocycles. The van der Waals surface area contributed by atoms with Gasteiger partial charge in [0.15, 0.2) is 0 Å². The van der Waals surface area contributed by atoms with E-state index in [0.717, 1.165) is 18.7 Å². The molecule has 0 bridgehead atoms. The normalized spacial score (nSPS) is 11.2. The highest BCUT2D eigenvalue weighted by atomic mass is 35.5. The number of aromatic nitrogens is 2. The van der Waals surface area contributed by atoms with Crippen LogP contribution in [0, 0.1) is 0 Å². The molecular weight excluding hydrogens is 390 g/mol. The van der Waals surface area contributed by atoms with Gasteiger partial charge in [-0.2, -0.15) is 0 Å². The third-order valence-corrected chi connectivity index (χ3v) is 5.07. The summed E-state index contributed by atoms with van der Waals surface area (Å²) in [5, 5.41) is 0.414. The third-order valence-electron chi connectivity index (χ3n) is 5.07. The summed E-state index contributed by atoms with van der Waals surface area (Å²) >= 11 is 0. The minimum Gasteiger partial charge on any atom is -0.461 e. The molecule has 1 aromatic carbocycles. The molecular formula is C22H28ClN3O3. The number of fused-ring (bicyclic) bond motifs is 2. The summed E-state index contributed by atoms with van der Waals surface area (Å²) < 4.78 is 6.93. The van der Waals surface area contributed by atoms with Crippen molar-refractivity contribution in [2.75, 3.05) is 26.2 Å². The maximum absolute atomic E-state index is 13.0. The van der Waals surface area contributed by atoms with Crippen molar-refractivity contribution in [3.63, 3.8) is 0 Å². The van der Waals surface area contributed by atoms with Crippen molar-refractivity contribution in [2.45, 2.75) is 33.6 Å². The van der Waals surface area contributed by atoms with Crippen LogP contribution in [0.5, 0.6) is 0 Å². The number of benzene rings is 1. The SMILES string of the molecule is CCN(CC)CCOC(=O)c1ccc2nc3ccc(C(C)C)cn3c(=O)c2c1.Cl. The third kappa shape index (κ3) is 4.95. The lowest BCUT2D eigenvalue weighted by molar-refractivity contribution is 0.0466. The lowest BCUT2D eigenvalue weighted by Crippen LogP contribution is -2.28. The van der Waals surface area contributed by atoms with E-state index in [-0.39, 0.29) is 18.0 Å². The summed E-state index contributed by atoms with van der Waals surface area (Å²) in [6.07, 6.45) is 1.82. The molecule has 0 fully saturated rings. The maximum atomic E-state index is 13.0. The van der Waals surface area contributed by atoms with Crippen molar-refractivity contribution in [3.8, 4) is 0 Å². The second-order valence-electron chi connectivity index (χ2n) is 7.16. The highest BCUT2D eigenvalue weighted by molar-refractivity contribution is 5.94. The van der Waals surface area contributed by atoms with E-state index in [1.54, 1.807) is 22.6 Å². The van der Waals surface area contributed by atoms with Crippen molar-refractivity contribution < 1.29 is 9.53 Å². The van der Waals surface area contributed by atoms with Crippen molar-refractivity contribution in [1.82, 2.24) is 14.3 Å². The zero-order valence-corrected chi connectivity index (χ0v) is 18.2. The summed E-state index contributed by atoms with van der Waals surface area (Å²) in [6.45, 7) is 11.1. The van der Waals surface area contributed by atoms with Gasteiger partial charge in [0.2, 0.25) is 0 Å². The number of halogens is 1. The molecule has 3 aromatic rings. The number of ether oxygens (including phenoxy) is 1. The van der Waals surface area contributed by atoms with Crippen LogP contribution in [0.1, 0.15) is 49.5 Å². The van der Waals surface area contributed by atoms with E-state index in [1.165, 1.54) is 0 Å². The van der Waals surface area contributed by atoms with Crippen LogP contribution in [-0.2, 0) is 4.74 Å². The first-order chi connectivity index (χ1) is 13.4. The van der Waals surface area contributed by atoms with Gasteiger partial charge in [0.05, 0.1) is 16.5 Å². The molecule has 0 amide bonds. The topological polar surface area (TPSA) is 63.9 Å². The van der Waals surface area contributed by atoms with E-state index in [1.807, 2.05) is 18.3 Å². The molecule has 3 rings (SSSR count). The molecule has 6 nitrogen and oxygen atoms in total. The molecule has 29 heavy (non-hydrogen) atoms. The van der Waals surface area contributed by atoms with Gasteiger partial charge in [-0.1, -0.05) is 33.8 Å². The summed E-state index contributed by atoms with van der Waals surface area (Å²) in [5.41, 5.74) is 2.41. The Bertz CT molecular complexity index is 1060. The molecule has 7 heteroatoms. The van der Waals surface area contributed by atoms with Crippen LogP contribution in [0.3, 0.4) is 0 Å². The van der Waals surface area contributed by atoms with E-state index in [2.05, 4.69) is 37.6 Å². The van der Waals surface area contributed by atoms with Gasteiger partial charge in [-0.15, -0.1) is 12.4 Å². The number of hydrogen-bond acceptors (Lipinski definition) is 5. The van der Waals surface area contributed by atoms with Crippen molar-refractivity contribution in [3.05, 3.63) is 58.0 Å². The average molecular weight is 418 g/mol. The van der Waals surface area contributed by atoms with Gasteiger partial charge in [0.25, 0.3) is 5.56 Å². The number of rotatable bonds is 7. The van der Waals surface area contributed by atoms with Gasteiger partial charge >= 0.3 is 5.97 Å².